The van der Waals surface area contributed by atoms with Crippen molar-refractivity contribution in [3.05, 3.63) is 0 Å². The topological polar surface area (TPSA) is 9.23 Å². The molecule has 0 spiro atoms. The highest BCUT2D eigenvalue weighted by Crippen LogP contribution is 2.33. The van der Waals surface area contributed by atoms with E-state index in [0.717, 1.165) is 23.7 Å². The highest BCUT2D eigenvalue weighted by atomic mass is 32.2. The van der Waals surface area contributed by atoms with Gasteiger partial charge in [0.2, 0.25) is 0 Å². The van der Waals surface area contributed by atoms with E-state index >= 15 is 0 Å². The van der Waals surface area contributed by atoms with Gasteiger partial charge in [-0.1, -0.05) is 0 Å². The van der Waals surface area contributed by atoms with Crippen molar-refractivity contribution in [3.8, 4) is 0 Å². The van der Waals surface area contributed by atoms with Gasteiger partial charge < -0.3 is 4.74 Å². The Morgan fingerprint density at radius 3 is 2.50 bits per heavy atom. The number of rotatable bonds is 5. The summed E-state index contributed by atoms with van der Waals surface area (Å²) in [7, 11) is 0. The fraction of sp³-hybridized carbons (Fsp3) is 1.00. The minimum Gasteiger partial charge on any atom is -0.380 e. The van der Waals surface area contributed by atoms with Crippen LogP contribution in [0.3, 0.4) is 0 Å². The van der Waals surface area contributed by atoms with Crippen LogP contribution in [0.25, 0.3) is 0 Å². The van der Waals surface area contributed by atoms with Gasteiger partial charge in [0.25, 0.3) is 0 Å². The predicted octanol–water partition coefficient (Wildman–Crippen LogP) is 1.62. The fourth-order valence-electron chi connectivity index (χ4n) is 0.829. The maximum absolute atomic E-state index is 5.47. The lowest BCUT2D eigenvalue weighted by Crippen LogP contribution is -2.03. The zero-order valence-electron chi connectivity index (χ0n) is 5.91. The van der Waals surface area contributed by atoms with Gasteiger partial charge in [0, 0.05) is 28.6 Å². The van der Waals surface area contributed by atoms with Gasteiger partial charge in [-0.3, -0.25) is 0 Å². The summed E-state index contributed by atoms with van der Waals surface area (Å²) in [5.74, 6) is 2.71. The zero-order valence-corrected chi connectivity index (χ0v) is 7.55. The molecule has 0 aromatic rings. The molecule has 0 bridgehead atoms. The molecule has 2 saturated heterocycles. The van der Waals surface area contributed by atoms with Gasteiger partial charge in [-0.25, -0.2) is 0 Å². The molecule has 2 atom stereocenters. The van der Waals surface area contributed by atoms with Gasteiger partial charge in [0.05, 0.1) is 6.61 Å². The second-order valence-electron chi connectivity index (χ2n) is 2.77. The van der Waals surface area contributed by atoms with Crippen LogP contribution in [0.2, 0.25) is 0 Å². The molecule has 2 fully saturated rings. The molecule has 2 aliphatic rings. The minimum absolute atomic E-state index is 0.854. The van der Waals surface area contributed by atoms with Crippen LogP contribution in [-0.4, -0.2) is 35.2 Å². The molecule has 2 rings (SSSR count). The van der Waals surface area contributed by atoms with Crippen molar-refractivity contribution in [2.75, 3.05) is 24.7 Å². The van der Waals surface area contributed by atoms with Crippen LogP contribution in [0.1, 0.15) is 6.42 Å². The number of hydrogen-bond acceptors (Lipinski definition) is 3. The molecule has 0 aromatic heterocycles. The Bertz CT molecular complexity index is 96.2. The van der Waals surface area contributed by atoms with Crippen molar-refractivity contribution < 1.29 is 4.74 Å². The number of thioether (sulfide) groups is 2. The van der Waals surface area contributed by atoms with Crippen LogP contribution in [0, 0.1) is 0 Å². The average Bonchev–Trinajstić information content (AvgIpc) is 2.77. The highest BCUT2D eigenvalue weighted by Gasteiger charge is 2.24. The van der Waals surface area contributed by atoms with E-state index in [4.69, 9.17) is 4.74 Å². The Kier molecular flexibility index (Phi) is 2.47. The maximum Gasteiger partial charge on any atom is 0.0593 e. The van der Waals surface area contributed by atoms with Gasteiger partial charge in [0.15, 0.2) is 0 Å². The van der Waals surface area contributed by atoms with Crippen LogP contribution >= 0.6 is 23.5 Å². The first-order valence-electron chi connectivity index (χ1n) is 3.76. The van der Waals surface area contributed by atoms with Crippen LogP contribution in [0.5, 0.6) is 0 Å². The lowest BCUT2D eigenvalue weighted by Gasteiger charge is -1.98. The van der Waals surface area contributed by atoms with Gasteiger partial charge in [-0.15, -0.1) is 0 Å². The van der Waals surface area contributed by atoms with E-state index in [1.807, 2.05) is 11.8 Å². The van der Waals surface area contributed by atoms with Gasteiger partial charge >= 0.3 is 0 Å². The first-order valence-corrected chi connectivity index (χ1v) is 5.86. The lowest BCUT2D eigenvalue weighted by molar-refractivity contribution is 0.141. The fourth-order valence-corrected chi connectivity index (χ4v) is 1.82. The molecule has 0 aromatic carbocycles. The Balaban J connectivity index is 1.40. The van der Waals surface area contributed by atoms with Gasteiger partial charge in [0.1, 0.15) is 0 Å². The molecule has 2 unspecified atom stereocenters. The maximum atomic E-state index is 5.47. The van der Waals surface area contributed by atoms with Crippen molar-refractivity contribution in [3.63, 3.8) is 0 Å². The van der Waals surface area contributed by atoms with Crippen molar-refractivity contribution in [1.29, 1.82) is 0 Å². The summed E-state index contributed by atoms with van der Waals surface area (Å²) >= 11 is 4.07. The summed E-state index contributed by atoms with van der Waals surface area (Å²) in [6.07, 6.45) is 1.28. The van der Waals surface area contributed by atoms with E-state index in [1.54, 1.807) is 0 Å². The number of hydrogen-bond donors (Lipinski definition) is 0. The first kappa shape index (κ1) is 7.32. The molecule has 0 saturated carbocycles. The Morgan fingerprint density at radius 2 is 1.90 bits per heavy atom. The molecule has 0 amide bonds. The molecule has 0 aliphatic carbocycles. The van der Waals surface area contributed by atoms with Crippen LogP contribution in [0.4, 0.5) is 0 Å². The molecule has 1 nitrogen and oxygen atoms in total. The Labute approximate surface area is 70.3 Å². The van der Waals surface area contributed by atoms with E-state index in [2.05, 4.69) is 11.8 Å². The zero-order chi connectivity index (χ0) is 6.81. The van der Waals surface area contributed by atoms with E-state index < -0.39 is 0 Å². The predicted molar refractivity (Wildman–Crippen MR) is 47.9 cm³/mol. The Morgan fingerprint density at radius 1 is 1.20 bits per heavy atom. The molecule has 3 heteroatoms. The van der Waals surface area contributed by atoms with Gasteiger partial charge in [-0.05, 0) is 6.42 Å². The molecule has 0 N–H and O–H groups in total. The molecule has 2 heterocycles. The third-order valence-corrected chi connectivity index (χ3v) is 3.67. The highest BCUT2D eigenvalue weighted by molar-refractivity contribution is 8.07. The van der Waals surface area contributed by atoms with Crippen LogP contribution < -0.4 is 0 Å². The summed E-state index contributed by atoms with van der Waals surface area (Å²) in [5.41, 5.74) is 0. The van der Waals surface area contributed by atoms with Crippen molar-refractivity contribution in [2.45, 2.75) is 16.9 Å². The van der Waals surface area contributed by atoms with Gasteiger partial charge in [-0.2, -0.15) is 23.5 Å². The SMILES string of the molecule is C(CC1CS1)OCC1CS1. The van der Waals surface area contributed by atoms with E-state index in [1.165, 1.54) is 17.9 Å². The molecule has 10 heavy (non-hydrogen) atoms. The van der Waals surface area contributed by atoms with Crippen molar-refractivity contribution in [2.24, 2.45) is 0 Å². The van der Waals surface area contributed by atoms with Crippen LogP contribution in [0.15, 0.2) is 0 Å². The lowest BCUT2D eigenvalue weighted by atomic mass is 10.4. The monoisotopic (exact) mass is 176 g/mol. The first-order chi connectivity index (χ1) is 4.95. The van der Waals surface area contributed by atoms with E-state index in [0.29, 0.717) is 0 Å². The quantitative estimate of drug-likeness (QED) is 0.465. The summed E-state index contributed by atoms with van der Waals surface area (Å²) in [5, 5.41) is 1.80. The minimum atomic E-state index is 0.854. The summed E-state index contributed by atoms with van der Waals surface area (Å²) in [4.78, 5) is 0. The standard InChI is InChI=1S/C7H12OS2/c1(6-4-9-6)2-8-3-7-5-10-7/h6-7H,1-5H2. The third-order valence-electron chi connectivity index (χ3n) is 1.69. The third kappa shape index (κ3) is 2.72. The smallest absolute Gasteiger partial charge is 0.0593 e. The summed E-state index contributed by atoms with van der Waals surface area (Å²) in [6, 6.07) is 0. The normalized spacial score (nSPS) is 36.0. The van der Waals surface area contributed by atoms with Crippen LogP contribution in [-0.2, 0) is 4.74 Å². The largest absolute Gasteiger partial charge is 0.380 e. The van der Waals surface area contributed by atoms with Crippen molar-refractivity contribution in [1.82, 2.24) is 0 Å². The summed E-state index contributed by atoms with van der Waals surface area (Å²) < 4.78 is 5.47. The molecular weight excluding hydrogens is 164 g/mol. The molecule has 58 valence electrons. The van der Waals surface area contributed by atoms with E-state index in [9.17, 15) is 0 Å². The molecule has 2 aliphatic heterocycles. The van der Waals surface area contributed by atoms with Crippen molar-refractivity contribution >= 4 is 23.5 Å². The molecule has 0 radical (unpaired) electrons. The Hall–Kier alpha value is 0.660. The average molecular weight is 176 g/mol. The number of ether oxygens (including phenoxy) is 1. The summed E-state index contributed by atoms with van der Waals surface area (Å²) in [6.45, 7) is 2.00. The van der Waals surface area contributed by atoms with E-state index in [-0.39, 0.29) is 0 Å². The molecular formula is C7H12OS2. The second-order valence-corrected chi connectivity index (χ2v) is 5.44. The second kappa shape index (κ2) is 3.37.